The molecule has 1 N–H and O–H groups in total. The number of aryl methyl sites for hydroxylation is 1. The first-order valence-corrected chi connectivity index (χ1v) is 8.85. The number of esters is 1. The number of para-hydroxylation sites is 2. The zero-order chi connectivity index (χ0) is 19.4. The number of aromatic nitrogens is 2. The maximum atomic E-state index is 12.9. The second kappa shape index (κ2) is 8.03. The molecule has 3 rings (SSSR count). The highest BCUT2D eigenvalue weighted by molar-refractivity contribution is 5.84. The highest BCUT2D eigenvalue weighted by Gasteiger charge is 2.23. The van der Waals surface area contributed by atoms with Crippen LogP contribution >= 0.6 is 0 Å². The van der Waals surface area contributed by atoms with Gasteiger partial charge in [0.1, 0.15) is 6.04 Å². The highest BCUT2D eigenvalue weighted by atomic mass is 16.5. The molecule has 3 aromatic rings. The van der Waals surface area contributed by atoms with E-state index in [-0.39, 0.29) is 18.3 Å². The van der Waals surface area contributed by atoms with Gasteiger partial charge >= 0.3 is 5.97 Å². The number of ether oxygens (including phenoxy) is 1. The van der Waals surface area contributed by atoms with Crippen molar-refractivity contribution in [2.75, 3.05) is 7.11 Å². The number of carbonyl (C=O) groups excluding carboxylic acids is 2. The van der Waals surface area contributed by atoms with E-state index in [0.29, 0.717) is 0 Å². The van der Waals surface area contributed by atoms with E-state index < -0.39 is 12.1 Å². The SMILES string of the molecule is COC(=O)C[C@@H](NC(=O)[C@@H](C)n1cnc2ccccc21)c1ccc(C)cc1. The molecule has 6 nitrogen and oxygen atoms in total. The number of nitrogens with zero attached hydrogens (tertiary/aromatic N) is 2. The van der Waals surface area contributed by atoms with Crippen LogP contribution in [0.25, 0.3) is 11.0 Å². The fraction of sp³-hybridized carbons (Fsp3) is 0.286. The number of hydrogen-bond acceptors (Lipinski definition) is 4. The Morgan fingerprint density at radius 2 is 1.85 bits per heavy atom. The molecule has 0 saturated carbocycles. The molecule has 2 aromatic carbocycles. The normalized spacial score (nSPS) is 13.1. The summed E-state index contributed by atoms with van der Waals surface area (Å²) in [6, 6.07) is 14.5. The van der Waals surface area contributed by atoms with E-state index >= 15 is 0 Å². The number of carbonyl (C=O) groups is 2. The Labute approximate surface area is 158 Å². The van der Waals surface area contributed by atoms with Crippen LogP contribution in [0.15, 0.2) is 54.9 Å². The summed E-state index contributed by atoms with van der Waals surface area (Å²) in [5.41, 5.74) is 3.70. The monoisotopic (exact) mass is 365 g/mol. The van der Waals surface area contributed by atoms with Crippen molar-refractivity contribution in [3.63, 3.8) is 0 Å². The molecule has 0 aliphatic carbocycles. The number of amides is 1. The first-order valence-electron chi connectivity index (χ1n) is 8.85. The maximum absolute atomic E-state index is 12.9. The molecule has 1 heterocycles. The summed E-state index contributed by atoms with van der Waals surface area (Å²) in [5.74, 6) is -0.561. The molecule has 0 radical (unpaired) electrons. The summed E-state index contributed by atoms with van der Waals surface area (Å²) in [6.45, 7) is 3.80. The van der Waals surface area contributed by atoms with Gasteiger partial charge in [0.05, 0.1) is 36.9 Å². The van der Waals surface area contributed by atoms with Crippen molar-refractivity contribution in [3.8, 4) is 0 Å². The van der Waals surface area contributed by atoms with Crippen molar-refractivity contribution in [2.24, 2.45) is 0 Å². The van der Waals surface area contributed by atoms with Crippen LogP contribution in [-0.2, 0) is 14.3 Å². The first-order chi connectivity index (χ1) is 13.0. The summed E-state index contributed by atoms with van der Waals surface area (Å²) in [5, 5.41) is 2.98. The van der Waals surface area contributed by atoms with E-state index in [1.54, 1.807) is 6.33 Å². The number of nitrogens with one attached hydrogen (secondary N) is 1. The summed E-state index contributed by atoms with van der Waals surface area (Å²) in [4.78, 5) is 29.1. The van der Waals surface area contributed by atoms with Gasteiger partial charge in [0.25, 0.3) is 0 Å². The lowest BCUT2D eigenvalue weighted by molar-refractivity contribution is -0.141. The van der Waals surface area contributed by atoms with Crippen LogP contribution in [0.3, 0.4) is 0 Å². The van der Waals surface area contributed by atoms with E-state index in [1.165, 1.54) is 7.11 Å². The van der Waals surface area contributed by atoms with E-state index in [2.05, 4.69) is 10.3 Å². The Balaban J connectivity index is 1.82. The zero-order valence-electron chi connectivity index (χ0n) is 15.7. The molecule has 1 aromatic heterocycles. The van der Waals surface area contributed by atoms with Crippen LogP contribution in [-0.4, -0.2) is 28.5 Å². The Morgan fingerprint density at radius 3 is 2.56 bits per heavy atom. The molecular formula is C21H23N3O3. The largest absolute Gasteiger partial charge is 0.469 e. The van der Waals surface area contributed by atoms with E-state index in [0.717, 1.165) is 22.2 Å². The number of rotatable bonds is 6. The van der Waals surface area contributed by atoms with Crippen LogP contribution in [0.2, 0.25) is 0 Å². The van der Waals surface area contributed by atoms with E-state index in [9.17, 15) is 9.59 Å². The van der Waals surface area contributed by atoms with Gasteiger partial charge in [0.2, 0.25) is 5.91 Å². The maximum Gasteiger partial charge on any atom is 0.307 e. The summed E-state index contributed by atoms with van der Waals surface area (Å²) in [6.07, 6.45) is 1.73. The Kier molecular flexibility index (Phi) is 5.54. The van der Waals surface area contributed by atoms with Crippen molar-refractivity contribution in [1.82, 2.24) is 14.9 Å². The molecule has 27 heavy (non-hydrogen) atoms. The molecule has 1 amide bonds. The van der Waals surface area contributed by atoms with Gasteiger partial charge in [-0.1, -0.05) is 42.0 Å². The molecule has 2 atom stereocenters. The average molecular weight is 365 g/mol. The lowest BCUT2D eigenvalue weighted by Gasteiger charge is -2.22. The molecule has 6 heteroatoms. The molecule has 0 aliphatic heterocycles. The van der Waals surface area contributed by atoms with E-state index in [1.807, 2.05) is 66.9 Å². The van der Waals surface area contributed by atoms with E-state index in [4.69, 9.17) is 4.74 Å². The third-order valence-electron chi connectivity index (χ3n) is 4.67. The fourth-order valence-corrected chi connectivity index (χ4v) is 3.01. The fourth-order valence-electron chi connectivity index (χ4n) is 3.01. The Morgan fingerprint density at radius 1 is 1.15 bits per heavy atom. The Hall–Kier alpha value is -3.15. The van der Waals surface area contributed by atoms with Crippen molar-refractivity contribution in [3.05, 3.63) is 66.0 Å². The molecule has 0 aliphatic rings. The number of fused-ring (bicyclic) bond motifs is 1. The Bertz CT molecular complexity index is 947. The topological polar surface area (TPSA) is 73.2 Å². The molecular weight excluding hydrogens is 342 g/mol. The number of methoxy groups -OCH3 is 1. The second-order valence-electron chi connectivity index (χ2n) is 6.57. The van der Waals surface area contributed by atoms with Crippen LogP contribution < -0.4 is 5.32 Å². The number of imidazole rings is 1. The molecule has 0 bridgehead atoms. The van der Waals surface area contributed by atoms with Gasteiger partial charge in [-0.25, -0.2) is 4.98 Å². The predicted octanol–water partition coefficient (Wildman–Crippen LogP) is 3.33. The third kappa shape index (κ3) is 4.16. The molecule has 0 spiro atoms. The number of benzene rings is 2. The predicted molar refractivity (Wildman–Crippen MR) is 103 cm³/mol. The zero-order valence-corrected chi connectivity index (χ0v) is 15.7. The van der Waals surface area contributed by atoms with Gasteiger partial charge in [0.15, 0.2) is 0 Å². The van der Waals surface area contributed by atoms with Gasteiger partial charge < -0.3 is 14.6 Å². The molecule has 0 fully saturated rings. The minimum atomic E-state index is -0.469. The second-order valence-corrected chi connectivity index (χ2v) is 6.57. The standard InChI is InChI=1S/C21H23N3O3/c1-14-8-10-16(11-9-14)18(12-20(25)27-3)23-21(26)15(2)24-13-22-17-6-4-5-7-19(17)24/h4-11,13,15,18H,12H2,1-3H3,(H,23,26)/t15-,18-/m1/s1. The lowest BCUT2D eigenvalue weighted by Crippen LogP contribution is -2.35. The average Bonchev–Trinajstić information content (AvgIpc) is 3.11. The van der Waals surface area contributed by atoms with Crippen LogP contribution in [0, 0.1) is 6.92 Å². The van der Waals surface area contributed by atoms with Crippen molar-refractivity contribution >= 4 is 22.9 Å². The molecule has 140 valence electrons. The van der Waals surface area contributed by atoms with Crippen LogP contribution in [0.5, 0.6) is 0 Å². The first kappa shape index (κ1) is 18.6. The van der Waals surface area contributed by atoms with Crippen molar-refractivity contribution in [2.45, 2.75) is 32.4 Å². The number of hydrogen-bond donors (Lipinski definition) is 1. The summed E-state index contributed by atoms with van der Waals surface area (Å²) < 4.78 is 6.62. The molecule has 0 unspecified atom stereocenters. The van der Waals surface area contributed by atoms with Crippen molar-refractivity contribution < 1.29 is 14.3 Å². The van der Waals surface area contributed by atoms with Crippen LogP contribution in [0.1, 0.15) is 36.6 Å². The summed E-state index contributed by atoms with van der Waals surface area (Å²) in [7, 11) is 1.34. The molecule has 0 saturated heterocycles. The van der Waals surface area contributed by atoms with Crippen LogP contribution in [0.4, 0.5) is 0 Å². The minimum Gasteiger partial charge on any atom is -0.469 e. The third-order valence-corrected chi connectivity index (χ3v) is 4.67. The quantitative estimate of drug-likeness (QED) is 0.680. The van der Waals surface area contributed by atoms with Gasteiger partial charge in [-0.15, -0.1) is 0 Å². The van der Waals surface area contributed by atoms with Crippen molar-refractivity contribution in [1.29, 1.82) is 0 Å². The smallest absolute Gasteiger partial charge is 0.307 e. The lowest BCUT2D eigenvalue weighted by atomic mass is 10.0. The van der Waals surface area contributed by atoms with Gasteiger partial charge in [0, 0.05) is 0 Å². The minimum absolute atomic E-state index is 0.0721. The van der Waals surface area contributed by atoms with Gasteiger partial charge in [-0.3, -0.25) is 9.59 Å². The highest BCUT2D eigenvalue weighted by Crippen LogP contribution is 2.22. The van der Waals surface area contributed by atoms with Gasteiger partial charge in [-0.05, 0) is 31.5 Å². The van der Waals surface area contributed by atoms with Gasteiger partial charge in [-0.2, -0.15) is 0 Å². The summed E-state index contributed by atoms with van der Waals surface area (Å²) >= 11 is 0.